The first kappa shape index (κ1) is 28.4. The van der Waals surface area contributed by atoms with E-state index in [4.69, 9.17) is 9.47 Å². The quantitative estimate of drug-likeness (QED) is 0.113. The number of benzene rings is 3. The number of hydrogen-bond donors (Lipinski definition) is 4. The standard InChI is InChI=1S/C27H31N5O6/c1-3-16-37-26(35)19-10-6-8-12-21(19)30-32-24-23(33)14-13-22(25(24)34)31-29-20-11-7-5-9-18(20)27(36)38-17-15-28-4-2/h5-14,26,28-30,35H,3-4,15-17H2,1-2H3/b31-22-,32-24+. The topological polar surface area (TPSA) is 151 Å². The first-order chi connectivity index (χ1) is 18.5. The van der Waals surface area contributed by atoms with E-state index in [0.29, 0.717) is 30.1 Å². The molecule has 0 aliphatic rings. The summed E-state index contributed by atoms with van der Waals surface area (Å²) in [6, 6.07) is 15.7. The molecule has 3 rings (SSSR count). The van der Waals surface area contributed by atoms with Crippen molar-refractivity contribution in [3.05, 3.63) is 103 Å². The van der Waals surface area contributed by atoms with Gasteiger partial charge in [-0.2, -0.15) is 10.2 Å². The minimum absolute atomic E-state index is 0.0833. The summed E-state index contributed by atoms with van der Waals surface area (Å²) in [5.74, 6) is -0.540. The van der Waals surface area contributed by atoms with E-state index in [1.54, 1.807) is 48.5 Å². The van der Waals surface area contributed by atoms with E-state index in [9.17, 15) is 19.5 Å². The van der Waals surface area contributed by atoms with Crippen LogP contribution >= 0.6 is 0 Å². The maximum absolute atomic E-state index is 13.0. The van der Waals surface area contributed by atoms with Crippen LogP contribution in [0.15, 0.2) is 80.5 Å². The smallest absolute Gasteiger partial charge is 0.340 e. The lowest BCUT2D eigenvalue weighted by Gasteiger charge is -2.15. The second-order valence-electron chi connectivity index (χ2n) is 8.05. The number of ether oxygens (including phenoxy) is 2. The lowest BCUT2D eigenvalue weighted by atomic mass is 10.2. The third kappa shape index (κ3) is 7.65. The zero-order valence-electron chi connectivity index (χ0n) is 21.3. The van der Waals surface area contributed by atoms with Crippen LogP contribution in [0.5, 0.6) is 0 Å². The van der Waals surface area contributed by atoms with E-state index in [-0.39, 0.29) is 22.9 Å². The molecule has 0 fully saturated rings. The van der Waals surface area contributed by atoms with Crippen molar-refractivity contribution >= 4 is 17.3 Å². The summed E-state index contributed by atoms with van der Waals surface area (Å²) in [6.07, 6.45) is -0.477. The molecule has 0 amide bonds. The van der Waals surface area contributed by atoms with Gasteiger partial charge >= 0.3 is 5.97 Å². The van der Waals surface area contributed by atoms with Crippen molar-refractivity contribution in [3.8, 4) is 0 Å². The summed E-state index contributed by atoms with van der Waals surface area (Å²) >= 11 is 0. The lowest BCUT2D eigenvalue weighted by Crippen LogP contribution is -2.48. The SMILES string of the molecule is CCCOC(O)c1ccccc1N/N=c1\c(=O)cc/c(=N/Nc2ccccc2C(=O)OCCNCC)c1=O. The Hall–Kier alpha value is -4.19. The predicted octanol–water partition coefficient (Wildman–Crippen LogP) is 1.32. The summed E-state index contributed by atoms with van der Waals surface area (Å²) in [4.78, 5) is 37.9. The molecule has 38 heavy (non-hydrogen) atoms. The normalized spacial score (nSPS) is 12.8. The van der Waals surface area contributed by atoms with Crippen LogP contribution in [0.4, 0.5) is 11.4 Å². The molecule has 0 heterocycles. The van der Waals surface area contributed by atoms with Crippen LogP contribution in [-0.4, -0.2) is 37.4 Å². The van der Waals surface area contributed by atoms with E-state index < -0.39 is 23.1 Å². The minimum atomic E-state index is -1.20. The van der Waals surface area contributed by atoms with Gasteiger partial charge in [-0.05, 0) is 43.3 Å². The molecule has 0 bridgehead atoms. The molecule has 0 saturated heterocycles. The van der Waals surface area contributed by atoms with Crippen LogP contribution in [0.1, 0.15) is 42.5 Å². The molecule has 3 aromatic rings. The fourth-order valence-corrected chi connectivity index (χ4v) is 3.34. The summed E-state index contributed by atoms with van der Waals surface area (Å²) in [5.41, 5.74) is 5.42. The zero-order valence-corrected chi connectivity index (χ0v) is 21.3. The fourth-order valence-electron chi connectivity index (χ4n) is 3.34. The Labute approximate surface area is 219 Å². The number of anilines is 2. The predicted molar refractivity (Wildman–Crippen MR) is 143 cm³/mol. The third-order valence-corrected chi connectivity index (χ3v) is 5.27. The largest absolute Gasteiger partial charge is 0.461 e. The summed E-state index contributed by atoms with van der Waals surface area (Å²) in [7, 11) is 0. The Morgan fingerprint density at radius 1 is 0.921 bits per heavy atom. The number of rotatable bonds is 13. The monoisotopic (exact) mass is 521 g/mol. The summed E-state index contributed by atoms with van der Waals surface area (Å²) in [6.45, 7) is 5.72. The highest BCUT2D eigenvalue weighted by molar-refractivity contribution is 5.95. The van der Waals surface area contributed by atoms with Crippen molar-refractivity contribution in [3.63, 3.8) is 0 Å². The van der Waals surface area contributed by atoms with Gasteiger partial charge in [0.05, 0.1) is 16.9 Å². The van der Waals surface area contributed by atoms with Gasteiger partial charge in [0.25, 0.3) is 0 Å². The number of carbonyl (C=O) groups excluding carboxylic acids is 1. The number of para-hydroxylation sites is 2. The minimum Gasteiger partial charge on any atom is -0.461 e. The number of likely N-dealkylation sites (N-methyl/N-ethyl adjacent to an activating group) is 1. The number of nitrogens with zero attached hydrogens (tertiary/aromatic N) is 2. The number of nitrogens with one attached hydrogen (secondary N) is 3. The number of aliphatic hydroxyl groups excluding tert-OH is 1. The Balaban J connectivity index is 1.86. The van der Waals surface area contributed by atoms with Crippen molar-refractivity contribution in [1.82, 2.24) is 5.32 Å². The molecule has 0 spiro atoms. The lowest BCUT2D eigenvalue weighted by molar-refractivity contribution is -0.102. The molecule has 1 unspecified atom stereocenters. The van der Waals surface area contributed by atoms with Gasteiger partial charge in [-0.1, -0.05) is 44.2 Å². The van der Waals surface area contributed by atoms with E-state index >= 15 is 0 Å². The second kappa shape index (κ2) is 14.5. The second-order valence-corrected chi connectivity index (χ2v) is 8.05. The first-order valence-corrected chi connectivity index (χ1v) is 12.3. The highest BCUT2D eigenvalue weighted by atomic mass is 16.6. The Bertz CT molecular complexity index is 1450. The van der Waals surface area contributed by atoms with Gasteiger partial charge in [0.15, 0.2) is 11.6 Å². The van der Waals surface area contributed by atoms with Gasteiger partial charge in [-0.15, -0.1) is 0 Å². The van der Waals surface area contributed by atoms with Crippen LogP contribution in [0.25, 0.3) is 0 Å². The molecule has 3 aromatic carbocycles. The van der Waals surface area contributed by atoms with Gasteiger partial charge in [-0.3, -0.25) is 20.4 Å². The Morgan fingerprint density at radius 2 is 1.63 bits per heavy atom. The molecule has 11 heteroatoms. The van der Waals surface area contributed by atoms with Gasteiger partial charge in [-0.25, -0.2) is 4.79 Å². The molecule has 1 atom stereocenters. The molecular formula is C27H31N5O6. The molecule has 4 N–H and O–H groups in total. The fraction of sp³-hybridized carbons (Fsp3) is 0.296. The van der Waals surface area contributed by atoms with Crippen LogP contribution in [-0.2, 0) is 9.47 Å². The molecule has 0 aliphatic carbocycles. The van der Waals surface area contributed by atoms with E-state index in [2.05, 4.69) is 26.4 Å². The number of hydrogen-bond acceptors (Lipinski definition) is 11. The van der Waals surface area contributed by atoms with Crippen LogP contribution in [0.3, 0.4) is 0 Å². The zero-order chi connectivity index (χ0) is 27.3. The summed E-state index contributed by atoms with van der Waals surface area (Å²) in [5, 5.41) is 21.0. The van der Waals surface area contributed by atoms with Gasteiger partial charge in [0.1, 0.15) is 12.0 Å². The van der Waals surface area contributed by atoms with E-state index in [1.165, 1.54) is 12.1 Å². The molecule has 200 valence electrons. The van der Waals surface area contributed by atoms with Crippen molar-refractivity contribution in [2.24, 2.45) is 10.2 Å². The molecule has 0 saturated carbocycles. The van der Waals surface area contributed by atoms with Crippen molar-refractivity contribution in [2.45, 2.75) is 26.6 Å². The molecule has 11 nitrogen and oxygen atoms in total. The van der Waals surface area contributed by atoms with Crippen molar-refractivity contribution in [1.29, 1.82) is 0 Å². The molecule has 0 aromatic heterocycles. The van der Waals surface area contributed by atoms with Crippen LogP contribution in [0, 0.1) is 0 Å². The molecule has 0 radical (unpaired) electrons. The molecule has 0 aliphatic heterocycles. The summed E-state index contributed by atoms with van der Waals surface area (Å²) < 4.78 is 10.6. The van der Waals surface area contributed by atoms with E-state index in [1.807, 2.05) is 13.8 Å². The van der Waals surface area contributed by atoms with Gasteiger partial charge in [0.2, 0.25) is 10.9 Å². The Kier molecular flexibility index (Phi) is 10.8. The average Bonchev–Trinajstić information content (AvgIpc) is 2.93. The number of carbonyl (C=O) groups is 1. The Morgan fingerprint density at radius 3 is 2.39 bits per heavy atom. The highest BCUT2D eigenvalue weighted by Crippen LogP contribution is 2.23. The highest BCUT2D eigenvalue weighted by Gasteiger charge is 2.13. The van der Waals surface area contributed by atoms with Crippen LogP contribution in [0.2, 0.25) is 0 Å². The van der Waals surface area contributed by atoms with Crippen LogP contribution < -0.4 is 37.7 Å². The van der Waals surface area contributed by atoms with E-state index in [0.717, 1.165) is 13.0 Å². The van der Waals surface area contributed by atoms with Gasteiger partial charge < -0.3 is 19.9 Å². The third-order valence-electron chi connectivity index (χ3n) is 5.27. The van der Waals surface area contributed by atoms with Crippen molar-refractivity contribution in [2.75, 3.05) is 37.2 Å². The maximum atomic E-state index is 13.0. The number of esters is 1. The number of aliphatic hydroxyl groups is 1. The first-order valence-electron chi connectivity index (χ1n) is 12.3. The average molecular weight is 522 g/mol. The molecular weight excluding hydrogens is 490 g/mol. The van der Waals surface area contributed by atoms with Gasteiger partial charge in [0, 0.05) is 18.7 Å². The maximum Gasteiger partial charge on any atom is 0.340 e. The van der Waals surface area contributed by atoms with Crippen molar-refractivity contribution < 1.29 is 19.4 Å².